The zero-order valence-corrected chi connectivity index (χ0v) is 12.2. The van der Waals surface area contributed by atoms with Crippen LogP contribution in [0.4, 0.5) is 18.9 Å². The average molecular weight is 333 g/mol. The smallest absolute Gasteiger partial charge is 0.385 e. The van der Waals surface area contributed by atoms with E-state index in [1.165, 1.54) is 12.1 Å². The summed E-state index contributed by atoms with van der Waals surface area (Å²) in [5.74, 6) is 0. The number of aromatic amines is 1. The standard InChI is InChI=1S/C13H14F3N3O2S/c14-13(15,16)22(20,21)12-5-3-10(4-6-12)17-8-1-2-11-7-9-18-19-11/h3-7,9,17H,1-2,8H2,(H,18,19). The summed E-state index contributed by atoms with van der Waals surface area (Å²) < 4.78 is 59.6. The molecule has 1 aromatic heterocycles. The number of H-pyrrole nitrogens is 1. The Labute approximate surface area is 125 Å². The van der Waals surface area contributed by atoms with Gasteiger partial charge >= 0.3 is 5.51 Å². The van der Waals surface area contributed by atoms with Crippen LogP contribution in [0.5, 0.6) is 0 Å². The van der Waals surface area contributed by atoms with Crippen LogP contribution in [-0.4, -0.2) is 30.7 Å². The van der Waals surface area contributed by atoms with Gasteiger partial charge in [0.25, 0.3) is 9.84 Å². The number of anilines is 1. The van der Waals surface area contributed by atoms with E-state index < -0.39 is 20.2 Å². The van der Waals surface area contributed by atoms with Crippen molar-refractivity contribution in [2.45, 2.75) is 23.2 Å². The molecule has 2 N–H and O–H groups in total. The average Bonchev–Trinajstić information content (AvgIpc) is 2.96. The van der Waals surface area contributed by atoms with E-state index in [1.54, 1.807) is 6.20 Å². The third-order valence-electron chi connectivity index (χ3n) is 2.98. The molecular formula is C13H14F3N3O2S. The van der Waals surface area contributed by atoms with Crippen molar-refractivity contribution in [2.75, 3.05) is 11.9 Å². The summed E-state index contributed by atoms with van der Waals surface area (Å²) in [6.07, 6.45) is 3.24. The normalized spacial score (nSPS) is 12.3. The van der Waals surface area contributed by atoms with Gasteiger partial charge in [0.15, 0.2) is 0 Å². The Hall–Kier alpha value is -2.03. The first-order valence-corrected chi connectivity index (χ1v) is 7.92. The summed E-state index contributed by atoms with van der Waals surface area (Å²) in [7, 11) is -5.29. The van der Waals surface area contributed by atoms with Crippen LogP contribution in [0, 0.1) is 0 Å². The molecule has 1 heterocycles. The van der Waals surface area contributed by atoms with Crippen LogP contribution < -0.4 is 5.32 Å². The number of benzene rings is 1. The van der Waals surface area contributed by atoms with Crippen molar-refractivity contribution < 1.29 is 21.6 Å². The lowest BCUT2D eigenvalue weighted by molar-refractivity contribution is -0.0436. The molecule has 0 aliphatic heterocycles. The molecule has 1 aromatic carbocycles. The Kier molecular flexibility index (Phi) is 4.74. The zero-order valence-electron chi connectivity index (χ0n) is 11.4. The maximum absolute atomic E-state index is 12.4. The van der Waals surface area contributed by atoms with E-state index in [1.807, 2.05) is 6.07 Å². The van der Waals surface area contributed by atoms with Gasteiger partial charge in [0.1, 0.15) is 0 Å². The highest BCUT2D eigenvalue weighted by Crippen LogP contribution is 2.30. The molecule has 120 valence electrons. The van der Waals surface area contributed by atoms with Gasteiger partial charge in [-0.15, -0.1) is 0 Å². The summed E-state index contributed by atoms with van der Waals surface area (Å²) >= 11 is 0. The SMILES string of the molecule is O=S(=O)(c1ccc(NCCCc2ccn[nH]2)cc1)C(F)(F)F. The van der Waals surface area contributed by atoms with Gasteiger partial charge in [-0.05, 0) is 43.2 Å². The second-order valence-corrected chi connectivity index (χ2v) is 6.53. The van der Waals surface area contributed by atoms with Crippen LogP contribution in [0.3, 0.4) is 0 Å². The Bertz CT molecular complexity index is 695. The summed E-state index contributed by atoms with van der Waals surface area (Å²) in [5.41, 5.74) is -3.73. The molecule has 0 atom stereocenters. The van der Waals surface area contributed by atoms with Gasteiger partial charge < -0.3 is 5.32 Å². The fourth-order valence-corrected chi connectivity index (χ4v) is 2.58. The summed E-state index contributed by atoms with van der Waals surface area (Å²) in [6.45, 7) is 0.602. The summed E-state index contributed by atoms with van der Waals surface area (Å²) in [4.78, 5) is -0.761. The summed E-state index contributed by atoms with van der Waals surface area (Å²) in [5, 5.41) is 9.65. The number of nitrogens with one attached hydrogen (secondary N) is 2. The maximum atomic E-state index is 12.4. The summed E-state index contributed by atoms with van der Waals surface area (Å²) in [6, 6.07) is 6.38. The van der Waals surface area contributed by atoms with Crippen LogP contribution in [-0.2, 0) is 16.3 Å². The number of sulfone groups is 1. The first-order chi connectivity index (χ1) is 10.3. The number of alkyl halides is 3. The van der Waals surface area contributed by atoms with Gasteiger partial charge in [-0.3, -0.25) is 5.10 Å². The number of aryl methyl sites for hydroxylation is 1. The van der Waals surface area contributed by atoms with E-state index in [2.05, 4.69) is 15.5 Å². The van der Waals surface area contributed by atoms with E-state index in [0.29, 0.717) is 12.2 Å². The molecule has 0 fully saturated rings. The molecule has 0 radical (unpaired) electrons. The molecular weight excluding hydrogens is 319 g/mol. The molecule has 0 saturated carbocycles. The van der Waals surface area contributed by atoms with Crippen molar-refractivity contribution in [3.63, 3.8) is 0 Å². The van der Waals surface area contributed by atoms with Gasteiger partial charge in [-0.25, -0.2) is 8.42 Å². The van der Waals surface area contributed by atoms with Crippen LogP contribution in [0.2, 0.25) is 0 Å². The predicted molar refractivity (Wildman–Crippen MR) is 75.1 cm³/mol. The number of halogens is 3. The van der Waals surface area contributed by atoms with Gasteiger partial charge in [-0.1, -0.05) is 0 Å². The maximum Gasteiger partial charge on any atom is 0.501 e. The number of aromatic nitrogens is 2. The highest BCUT2D eigenvalue weighted by Gasteiger charge is 2.46. The molecule has 0 amide bonds. The van der Waals surface area contributed by atoms with Crippen LogP contribution >= 0.6 is 0 Å². The molecule has 0 aliphatic carbocycles. The Morgan fingerprint density at radius 3 is 2.36 bits per heavy atom. The minimum Gasteiger partial charge on any atom is -0.385 e. The molecule has 2 rings (SSSR count). The van der Waals surface area contributed by atoms with E-state index in [4.69, 9.17) is 0 Å². The van der Waals surface area contributed by atoms with Crippen molar-refractivity contribution in [1.29, 1.82) is 0 Å². The van der Waals surface area contributed by atoms with Crippen molar-refractivity contribution >= 4 is 15.5 Å². The Morgan fingerprint density at radius 2 is 1.82 bits per heavy atom. The lowest BCUT2D eigenvalue weighted by atomic mass is 10.2. The van der Waals surface area contributed by atoms with Crippen LogP contribution in [0.25, 0.3) is 0 Å². The number of rotatable bonds is 6. The third-order valence-corrected chi connectivity index (χ3v) is 4.48. The topological polar surface area (TPSA) is 74.8 Å². The minimum absolute atomic E-state index is 0.561. The fraction of sp³-hybridized carbons (Fsp3) is 0.308. The Balaban J connectivity index is 1.90. The van der Waals surface area contributed by atoms with E-state index in [9.17, 15) is 21.6 Å². The monoisotopic (exact) mass is 333 g/mol. The molecule has 0 aliphatic rings. The molecule has 0 spiro atoms. The van der Waals surface area contributed by atoms with E-state index >= 15 is 0 Å². The van der Waals surface area contributed by atoms with Crippen molar-refractivity contribution in [3.8, 4) is 0 Å². The van der Waals surface area contributed by atoms with Crippen molar-refractivity contribution in [1.82, 2.24) is 10.2 Å². The van der Waals surface area contributed by atoms with Crippen LogP contribution in [0.1, 0.15) is 12.1 Å². The van der Waals surface area contributed by atoms with Crippen LogP contribution in [0.15, 0.2) is 41.4 Å². The molecule has 0 bridgehead atoms. The van der Waals surface area contributed by atoms with E-state index in [-0.39, 0.29) is 0 Å². The second kappa shape index (κ2) is 6.39. The molecule has 0 saturated heterocycles. The molecule has 2 aromatic rings. The lowest BCUT2D eigenvalue weighted by Gasteiger charge is -2.10. The molecule has 22 heavy (non-hydrogen) atoms. The zero-order chi connectivity index (χ0) is 16.2. The Morgan fingerprint density at radius 1 is 1.14 bits per heavy atom. The van der Waals surface area contributed by atoms with E-state index in [0.717, 1.165) is 30.7 Å². The van der Waals surface area contributed by atoms with Gasteiger partial charge in [0.05, 0.1) is 4.90 Å². The number of hydrogen-bond donors (Lipinski definition) is 2. The second-order valence-electron chi connectivity index (χ2n) is 4.59. The highest BCUT2D eigenvalue weighted by atomic mass is 32.2. The first kappa shape index (κ1) is 16.3. The first-order valence-electron chi connectivity index (χ1n) is 6.44. The fourth-order valence-electron chi connectivity index (χ4n) is 1.82. The minimum atomic E-state index is -5.29. The lowest BCUT2D eigenvalue weighted by Crippen LogP contribution is -2.23. The predicted octanol–water partition coefficient (Wildman–Crippen LogP) is 2.75. The molecule has 0 unspecified atom stereocenters. The molecule has 9 heteroatoms. The number of nitrogens with zero attached hydrogens (tertiary/aromatic N) is 1. The number of hydrogen-bond acceptors (Lipinski definition) is 4. The van der Waals surface area contributed by atoms with Crippen molar-refractivity contribution in [2.24, 2.45) is 0 Å². The van der Waals surface area contributed by atoms with Crippen molar-refractivity contribution in [3.05, 3.63) is 42.2 Å². The largest absolute Gasteiger partial charge is 0.501 e. The van der Waals surface area contributed by atoms with Gasteiger partial charge in [0.2, 0.25) is 0 Å². The molecule has 5 nitrogen and oxygen atoms in total. The van der Waals surface area contributed by atoms with Gasteiger partial charge in [0, 0.05) is 24.1 Å². The quantitative estimate of drug-likeness (QED) is 0.797. The highest BCUT2D eigenvalue weighted by molar-refractivity contribution is 7.92. The third kappa shape index (κ3) is 3.79. The van der Waals surface area contributed by atoms with Gasteiger partial charge in [-0.2, -0.15) is 18.3 Å².